The number of hydrogen-bond acceptors (Lipinski definition) is 5. The number of aldehydes is 1. The first-order valence-corrected chi connectivity index (χ1v) is 11.3. The van der Waals surface area contributed by atoms with Crippen LogP contribution >= 0.6 is 0 Å². The molecule has 3 aromatic rings. The van der Waals surface area contributed by atoms with Gasteiger partial charge in [-0.3, -0.25) is 9.59 Å². The van der Waals surface area contributed by atoms with Gasteiger partial charge >= 0.3 is 0 Å². The van der Waals surface area contributed by atoms with E-state index in [2.05, 4.69) is 29.4 Å². The number of phenolic OH excluding ortho intramolecular Hbond substituents is 1. The van der Waals surface area contributed by atoms with Crippen molar-refractivity contribution in [3.05, 3.63) is 83.4 Å². The van der Waals surface area contributed by atoms with Crippen molar-refractivity contribution < 1.29 is 14.7 Å². The van der Waals surface area contributed by atoms with Gasteiger partial charge in [-0.05, 0) is 86.8 Å². The van der Waals surface area contributed by atoms with Crippen LogP contribution in [0.4, 0.5) is 5.69 Å². The zero-order valence-corrected chi connectivity index (χ0v) is 19.5. The van der Waals surface area contributed by atoms with Crippen LogP contribution in [0.1, 0.15) is 52.0 Å². The maximum absolute atomic E-state index is 11.4. The number of nitrogens with one attached hydrogen (secondary N) is 1. The first-order chi connectivity index (χ1) is 15.9. The molecule has 1 fully saturated rings. The first-order valence-electron chi connectivity index (χ1n) is 11.3. The van der Waals surface area contributed by atoms with Crippen molar-refractivity contribution in [2.75, 3.05) is 32.5 Å². The Hall–Kier alpha value is -3.44. The number of hydrogen-bond donors (Lipinski definition) is 2. The highest BCUT2D eigenvalue weighted by Crippen LogP contribution is 2.30. The van der Waals surface area contributed by atoms with E-state index in [1.54, 1.807) is 19.1 Å². The van der Waals surface area contributed by atoms with Gasteiger partial charge < -0.3 is 15.3 Å². The molecule has 0 aromatic heterocycles. The molecule has 4 rings (SSSR count). The number of phenols is 1. The fraction of sp³-hybridized carbons (Fsp3) is 0.286. The van der Waals surface area contributed by atoms with Crippen LogP contribution in [0, 0.1) is 0 Å². The number of anilines is 1. The lowest BCUT2D eigenvalue weighted by Gasteiger charge is -2.29. The van der Waals surface area contributed by atoms with E-state index in [0.29, 0.717) is 17.8 Å². The molecular formula is C28H32N2O3. The van der Waals surface area contributed by atoms with E-state index < -0.39 is 0 Å². The summed E-state index contributed by atoms with van der Waals surface area (Å²) < 4.78 is 0. The molecule has 0 unspecified atom stereocenters. The molecule has 0 bridgehead atoms. The predicted molar refractivity (Wildman–Crippen MR) is 134 cm³/mol. The summed E-state index contributed by atoms with van der Waals surface area (Å²) in [6.07, 6.45) is 2.93. The van der Waals surface area contributed by atoms with Crippen LogP contribution in [-0.4, -0.2) is 49.3 Å². The van der Waals surface area contributed by atoms with Crippen molar-refractivity contribution in [2.45, 2.75) is 25.7 Å². The number of ketones is 1. The minimum atomic E-state index is 0.0777. The van der Waals surface area contributed by atoms with E-state index >= 15 is 0 Å². The van der Waals surface area contributed by atoms with Crippen molar-refractivity contribution in [3.63, 3.8) is 0 Å². The minimum Gasteiger partial charge on any atom is -0.507 e. The molecule has 2 N–H and O–H groups in total. The number of carbonyl (C=O) groups excluding carboxylic acids is 2. The van der Waals surface area contributed by atoms with Gasteiger partial charge in [-0.1, -0.05) is 42.5 Å². The van der Waals surface area contributed by atoms with Gasteiger partial charge in [0.15, 0.2) is 12.1 Å². The molecule has 1 aliphatic heterocycles. The summed E-state index contributed by atoms with van der Waals surface area (Å²) in [4.78, 5) is 24.3. The number of benzene rings is 3. The molecule has 1 heterocycles. The molecule has 0 aliphatic carbocycles. The highest BCUT2D eigenvalue weighted by molar-refractivity contribution is 6.00. The standard InChI is InChI=1S/C15H15NO.C13H17NO2/c1-11(17)14-9-8-13(10-15(14)16-2)12-6-4-3-5-7-12;1-14-6-4-10(5-7-14)11-2-3-12(9-15)13(16)8-11/h3-10,16H,1-2H3;2-3,8-10,16H,4-7H2,1H3. The number of aromatic hydroxyl groups is 1. The lowest BCUT2D eigenvalue weighted by atomic mass is 9.89. The van der Waals surface area contributed by atoms with Crippen LogP contribution in [0.5, 0.6) is 5.75 Å². The maximum Gasteiger partial charge on any atom is 0.161 e. The van der Waals surface area contributed by atoms with E-state index in [1.165, 1.54) is 0 Å². The molecule has 0 spiro atoms. The molecule has 0 saturated carbocycles. The minimum absolute atomic E-state index is 0.0777. The highest BCUT2D eigenvalue weighted by atomic mass is 16.3. The summed E-state index contributed by atoms with van der Waals surface area (Å²) in [6, 6.07) is 21.4. The molecule has 1 saturated heterocycles. The van der Waals surface area contributed by atoms with Gasteiger partial charge in [-0.25, -0.2) is 0 Å². The van der Waals surface area contributed by atoms with E-state index in [-0.39, 0.29) is 11.5 Å². The average Bonchev–Trinajstić information content (AvgIpc) is 2.85. The number of piperidine rings is 1. The molecular weight excluding hydrogens is 412 g/mol. The fourth-order valence-electron chi connectivity index (χ4n) is 4.12. The third-order valence-electron chi connectivity index (χ3n) is 6.15. The Labute approximate surface area is 196 Å². The van der Waals surface area contributed by atoms with Crippen LogP contribution in [0.15, 0.2) is 66.7 Å². The Morgan fingerprint density at radius 1 is 1.00 bits per heavy atom. The van der Waals surface area contributed by atoms with Crippen LogP contribution < -0.4 is 5.32 Å². The van der Waals surface area contributed by atoms with Crippen molar-refractivity contribution >= 4 is 17.8 Å². The predicted octanol–water partition coefficient (Wildman–Crippen LogP) is 5.61. The lowest BCUT2D eigenvalue weighted by molar-refractivity contribution is 0.101. The van der Waals surface area contributed by atoms with Crippen LogP contribution in [0.3, 0.4) is 0 Å². The van der Waals surface area contributed by atoms with Crippen molar-refractivity contribution in [1.82, 2.24) is 4.90 Å². The Morgan fingerprint density at radius 3 is 2.27 bits per heavy atom. The van der Waals surface area contributed by atoms with Gasteiger partial charge in [0.1, 0.15) is 5.75 Å². The Balaban J connectivity index is 0.000000186. The molecule has 3 aromatic carbocycles. The second-order valence-corrected chi connectivity index (χ2v) is 8.45. The van der Waals surface area contributed by atoms with Gasteiger partial charge in [0, 0.05) is 18.3 Å². The van der Waals surface area contributed by atoms with Gasteiger partial charge in [0.2, 0.25) is 0 Å². The summed E-state index contributed by atoms with van der Waals surface area (Å²) in [5.41, 5.74) is 5.39. The molecule has 5 heteroatoms. The third kappa shape index (κ3) is 6.30. The van der Waals surface area contributed by atoms with Gasteiger partial charge in [0.05, 0.1) is 5.56 Å². The molecule has 5 nitrogen and oxygen atoms in total. The summed E-state index contributed by atoms with van der Waals surface area (Å²) in [6.45, 7) is 3.78. The second kappa shape index (κ2) is 11.4. The molecule has 0 radical (unpaired) electrons. The Bertz CT molecular complexity index is 1090. The van der Waals surface area contributed by atoms with E-state index in [9.17, 15) is 14.7 Å². The third-order valence-corrected chi connectivity index (χ3v) is 6.15. The normalized spacial score (nSPS) is 14.2. The number of nitrogens with zero attached hydrogens (tertiary/aromatic N) is 1. The second-order valence-electron chi connectivity index (χ2n) is 8.45. The average molecular weight is 445 g/mol. The van der Waals surface area contributed by atoms with E-state index in [4.69, 9.17) is 0 Å². The molecule has 33 heavy (non-hydrogen) atoms. The number of rotatable bonds is 5. The monoisotopic (exact) mass is 444 g/mol. The quantitative estimate of drug-likeness (QED) is 0.395. The Morgan fingerprint density at radius 2 is 1.70 bits per heavy atom. The van der Waals surface area contributed by atoms with Gasteiger partial charge in [-0.2, -0.15) is 0 Å². The molecule has 0 amide bonds. The molecule has 1 aliphatic rings. The van der Waals surface area contributed by atoms with Crippen LogP contribution in [0.25, 0.3) is 11.1 Å². The number of Topliss-reactive ketones (excluding diaryl/α,β-unsaturated/α-hetero) is 1. The van der Waals surface area contributed by atoms with Crippen molar-refractivity contribution in [1.29, 1.82) is 0 Å². The fourth-order valence-corrected chi connectivity index (χ4v) is 4.12. The summed E-state index contributed by atoms with van der Waals surface area (Å²) in [5.74, 6) is 0.697. The first kappa shape index (κ1) is 24.2. The van der Waals surface area contributed by atoms with E-state index in [1.807, 2.05) is 49.5 Å². The lowest BCUT2D eigenvalue weighted by Crippen LogP contribution is -2.29. The Kier molecular flexibility index (Phi) is 8.39. The van der Waals surface area contributed by atoms with Crippen molar-refractivity contribution in [2.24, 2.45) is 0 Å². The maximum atomic E-state index is 11.4. The smallest absolute Gasteiger partial charge is 0.161 e. The highest BCUT2D eigenvalue weighted by Gasteiger charge is 2.19. The SMILES string of the molecule is CN1CCC(c2ccc(C=O)c(O)c2)CC1.CNc1cc(-c2ccccc2)ccc1C(C)=O. The molecule has 172 valence electrons. The summed E-state index contributed by atoms with van der Waals surface area (Å²) in [7, 11) is 3.96. The zero-order valence-electron chi connectivity index (χ0n) is 19.5. The van der Waals surface area contributed by atoms with Gasteiger partial charge in [0.25, 0.3) is 0 Å². The topological polar surface area (TPSA) is 69.6 Å². The van der Waals surface area contributed by atoms with Crippen LogP contribution in [-0.2, 0) is 0 Å². The van der Waals surface area contributed by atoms with Crippen molar-refractivity contribution in [3.8, 4) is 16.9 Å². The molecule has 0 atom stereocenters. The number of carbonyl (C=O) groups is 2. The summed E-state index contributed by atoms with van der Waals surface area (Å²) >= 11 is 0. The zero-order chi connectivity index (χ0) is 23.8. The number of likely N-dealkylation sites (tertiary alicyclic amines) is 1. The largest absolute Gasteiger partial charge is 0.507 e. The van der Waals surface area contributed by atoms with E-state index in [0.717, 1.165) is 53.9 Å². The van der Waals surface area contributed by atoms with Gasteiger partial charge in [-0.15, -0.1) is 0 Å². The summed E-state index contributed by atoms with van der Waals surface area (Å²) in [5, 5.41) is 12.7. The van der Waals surface area contributed by atoms with Crippen LogP contribution in [0.2, 0.25) is 0 Å².